The van der Waals surface area contributed by atoms with Crippen LogP contribution in [0.2, 0.25) is 0 Å². The minimum atomic E-state index is -0.560. The summed E-state index contributed by atoms with van der Waals surface area (Å²) in [6.07, 6.45) is -0.560. The SMILES string of the molecule is CC(C)CN(CC(C)C)C(C)[O]. The first-order chi connectivity index (χ1) is 5.43. The van der Waals surface area contributed by atoms with E-state index in [4.69, 9.17) is 0 Å². The van der Waals surface area contributed by atoms with Gasteiger partial charge < -0.3 is 0 Å². The van der Waals surface area contributed by atoms with Gasteiger partial charge in [0.05, 0.1) is 0 Å². The first-order valence-electron chi connectivity index (χ1n) is 4.83. The molecule has 0 fully saturated rings. The normalized spacial score (nSPS) is 14.8. The maximum atomic E-state index is 11.2. The molecule has 0 aromatic heterocycles. The van der Waals surface area contributed by atoms with Crippen molar-refractivity contribution >= 4 is 0 Å². The summed E-state index contributed by atoms with van der Waals surface area (Å²) in [6, 6.07) is 0. The van der Waals surface area contributed by atoms with Gasteiger partial charge in [0.25, 0.3) is 0 Å². The van der Waals surface area contributed by atoms with Crippen LogP contribution in [-0.2, 0) is 5.11 Å². The van der Waals surface area contributed by atoms with Crippen molar-refractivity contribution in [2.75, 3.05) is 13.1 Å². The summed E-state index contributed by atoms with van der Waals surface area (Å²) in [5, 5.41) is 11.2. The van der Waals surface area contributed by atoms with Crippen LogP contribution in [0.15, 0.2) is 0 Å². The van der Waals surface area contributed by atoms with Gasteiger partial charge in [0.2, 0.25) is 0 Å². The summed E-state index contributed by atoms with van der Waals surface area (Å²) >= 11 is 0. The minimum Gasteiger partial charge on any atom is -0.275 e. The van der Waals surface area contributed by atoms with Gasteiger partial charge in [-0.1, -0.05) is 27.7 Å². The third-order valence-electron chi connectivity index (χ3n) is 1.71. The summed E-state index contributed by atoms with van der Waals surface area (Å²) in [4.78, 5) is 2.01. The Kier molecular flexibility index (Phi) is 5.51. The van der Waals surface area contributed by atoms with E-state index in [1.807, 2.05) is 4.90 Å². The molecule has 0 aliphatic heterocycles. The molecule has 2 nitrogen and oxygen atoms in total. The monoisotopic (exact) mass is 172 g/mol. The van der Waals surface area contributed by atoms with Crippen LogP contribution in [0.3, 0.4) is 0 Å². The van der Waals surface area contributed by atoms with Crippen molar-refractivity contribution in [2.45, 2.75) is 40.8 Å². The Morgan fingerprint density at radius 1 is 0.917 bits per heavy atom. The molecule has 0 saturated carbocycles. The molecule has 0 heterocycles. The molecule has 73 valence electrons. The molecule has 2 heteroatoms. The molecule has 0 N–H and O–H groups in total. The van der Waals surface area contributed by atoms with Crippen molar-refractivity contribution in [3.8, 4) is 0 Å². The molecule has 0 amide bonds. The Morgan fingerprint density at radius 3 is 1.42 bits per heavy atom. The lowest BCUT2D eigenvalue weighted by Crippen LogP contribution is -2.37. The van der Waals surface area contributed by atoms with Gasteiger partial charge in [-0.3, -0.25) is 4.90 Å². The Balaban J connectivity index is 3.87. The minimum absolute atomic E-state index is 0.560. The zero-order valence-electron chi connectivity index (χ0n) is 9.00. The van der Waals surface area contributed by atoms with E-state index in [9.17, 15) is 5.11 Å². The fraction of sp³-hybridized carbons (Fsp3) is 1.00. The van der Waals surface area contributed by atoms with Gasteiger partial charge in [-0.05, 0) is 18.8 Å². The second-order valence-electron chi connectivity index (χ2n) is 4.34. The molecule has 0 aliphatic rings. The molecule has 0 bridgehead atoms. The van der Waals surface area contributed by atoms with Crippen molar-refractivity contribution < 1.29 is 5.11 Å². The molecular weight excluding hydrogens is 150 g/mol. The zero-order valence-corrected chi connectivity index (χ0v) is 9.00. The summed E-state index contributed by atoms with van der Waals surface area (Å²) in [7, 11) is 0. The first kappa shape index (κ1) is 11.9. The van der Waals surface area contributed by atoms with E-state index in [2.05, 4.69) is 27.7 Å². The van der Waals surface area contributed by atoms with Crippen LogP contribution in [0, 0.1) is 11.8 Å². The molecule has 12 heavy (non-hydrogen) atoms. The Hall–Kier alpha value is -0.0800. The quantitative estimate of drug-likeness (QED) is 0.584. The molecular formula is C10H22NO. The van der Waals surface area contributed by atoms with Crippen LogP contribution in [0.1, 0.15) is 34.6 Å². The predicted molar refractivity (Wildman–Crippen MR) is 51.4 cm³/mol. The molecule has 0 aromatic rings. The topological polar surface area (TPSA) is 23.1 Å². The van der Waals surface area contributed by atoms with Crippen molar-refractivity contribution in [3.05, 3.63) is 0 Å². The lowest BCUT2D eigenvalue weighted by Gasteiger charge is -2.27. The van der Waals surface area contributed by atoms with E-state index >= 15 is 0 Å². The highest BCUT2D eigenvalue weighted by molar-refractivity contribution is 4.62. The van der Waals surface area contributed by atoms with Crippen molar-refractivity contribution in [1.29, 1.82) is 0 Å². The summed E-state index contributed by atoms with van der Waals surface area (Å²) in [6.45, 7) is 12.2. The van der Waals surface area contributed by atoms with E-state index < -0.39 is 6.23 Å². The number of nitrogens with zero attached hydrogens (tertiary/aromatic N) is 1. The Labute approximate surface area is 76.6 Å². The van der Waals surface area contributed by atoms with Crippen molar-refractivity contribution in [3.63, 3.8) is 0 Å². The van der Waals surface area contributed by atoms with Gasteiger partial charge in [-0.2, -0.15) is 0 Å². The van der Waals surface area contributed by atoms with Gasteiger partial charge in [-0.15, -0.1) is 0 Å². The van der Waals surface area contributed by atoms with Crippen LogP contribution < -0.4 is 0 Å². The Morgan fingerprint density at radius 2 is 1.25 bits per heavy atom. The predicted octanol–water partition coefficient (Wildman–Crippen LogP) is 2.38. The fourth-order valence-corrected chi connectivity index (χ4v) is 1.31. The lowest BCUT2D eigenvalue weighted by molar-refractivity contribution is -0.0453. The van der Waals surface area contributed by atoms with E-state index in [0.717, 1.165) is 13.1 Å². The third kappa shape index (κ3) is 5.56. The highest BCUT2D eigenvalue weighted by Crippen LogP contribution is 2.06. The summed E-state index contributed by atoms with van der Waals surface area (Å²) in [5.41, 5.74) is 0. The van der Waals surface area contributed by atoms with Gasteiger partial charge in [-0.25, -0.2) is 5.11 Å². The maximum Gasteiger partial charge on any atom is 0.143 e. The standard InChI is InChI=1S/C10H22NO/c1-8(2)6-11(10(5)12)7-9(3)4/h8-10H,6-7H2,1-5H3. The molecule has 1 atom stereocenters. The lowest BCUT2D eigenvalue weighted by atomic mass is 10.1. The number of rotatable bonds is 5. The van der Waals surface area contributed by atoms with Gasteiger partial charge in [0.15, 0.2) is 0 Å². The highest BCUT2D eigenvalue weighted by Gasteiger charge is 2.14. The fourth-order valence-electron chi connectivity index (χ4n) is 1.31. The van der Waals surface area contributed by atoms with Crippen LogP contribution in [0.4, 0.5) is 0 Å². The smallest absolute Gasteiger partial charge is 0.143 e. The summed E-state index contributed by atoms with van der Waals surface area (Å²) < 4.78 is 0. The van der Waals surface area contributed by atoms with Gasteiger partial charge in [0, 0.05) is 13.1 Å². The van der Waals surface area contributed by atoms with Crippen LogP contribution in [0.5, 0.6) is 0 Å². The van der Waals surface area contributed by atoms with Crippen molar-refractivity contribution in [1.82, 2.24) is 4.90 Å². The van der Waals surface area contributed by atoms with E-state index in [0.29, 0.717) is 11.8 Å². The second-order valence-corrected chi connectivity index (χ2v) is 4.34. The average molecular weight is 172 g/mol. The van der Waals surface area contributed by atoms with Crippen LogP contribution in [0.25, 0.3) is 0 Å². The molecule has 0 saturated heterocycles. The molecule has 0 aliphatic carbocycles. The largest absolute Gasteiger partial charge is 0.275 e. The molecule has 0 rings (SSSR count). The average Bonchev–Trinajstić information content (AvgIpc) is 1.83. The maximum absolute atomic E-state index is 11.2. The van der Waals surface area contributed by atoms with Crippen LogP contribution in [-0.4, -0.2) is 24.2 Å². The van der Waals surface area contributed by atoms with Gasteiger partial charge in [0.1, 0.15) is 6.23 Å². The van der Waals surface area contributed by atoms with Crippen molar-refractivity contribution in [2.24, 2.45) is 11.8 Å². The number of hydrogen-bond donors (Lipinski definition) is 0. The van der Waals surface area contributed by atoms with Crippen LogP contribution >= 0.6 is 0 Å². The molecule has 0 spiro atoms. The first-order valence-corrected chi connectivity index (χ1v) is 4.83. The van der Waals surface area contributed by atoms with E-state index in [-0.39, 0.29) is 0 Å². The molecule has 1 unspecified atom stereocenters. The Bertz CT molecular complexity index is 100. The zero-order chi connectivity index (χ0) is 9.72. The third-order valence-corrected chi connectivity index (χ3v) is 1.71. The molecule has 1 radical (unpaired) electrons. The number of hydrogen-bond acceptors (Lipinski definition) is 1. The van der Waals surface area contributed by atoms with E-state index in [1.54, 1.807) is 6.92 Å². The second kappa shape index (κ2) is 5.55. The van der Waals surface area contributed by atoms with Gasteiger partial charge >= 0.3 is 0 Å². The highest BCUT2D eigenvalue weighted by atomic mass is 16.3. The summed E-state index contributed by atoms with van der Waals surface area (Å²) in [5.74, 6) is 1.17. The van der Waals surface area contributed by atoms with E-state index in [1.165, 1.54) is 0 Å². The molecule has 0 aromatic carbocycles.